The van der Waals surface area contributed by atoms with Crippen molar-refractivity contribution in [2.75, 3.05) is 16.8 Å². The minimum atomic E-state index is -0.286. The molecule has 0 spiro atoms. The van der Waals surface area contributed by atoms with Crippen LogP contribution in [0.4, 0.5) is 11.4 Å². The standard InChI is InChI=1S/C20H17N3O2/c21-12-13-4-3-6-15(10-13)22-19(24)16-11-17(16)20(25)23-9-8-14-5-1-2-7-18(14)23/h1-7,10,16-17H,8-9,11H2,(H,22,24). The van der Waals surface area contributed by atoms with Gasteiger partial charge in [0.05, 0.1) is 23.5 Å². The summed E-state index contributed by atoms with van der Waals surface area (Å²) in [6, 6.07) is 16.8. The molecule has 0 saturated heterocycles. The van der Waals surface area contributed by atoms with Crippen molar-refractivity contribution in [1.82, 2.24) is 0 Å². The van der Waals surface area contributed by atoms with Gasteiger partial charge in [-0.15, -0.1) is 0 Å². The predicted molar refractivity (Wildman–Crippen MR) is 93.9 cm³/mol. The maximum absolute atomic E-state index is 12.7. The molecule has 25 heavy (non-hydrogen) atoms. The Bertz CT molecular complexity index is 900. The second-order valence-corrected chi connectivity index (χ2v) is 6.50. The van der Waals surface area contributed by atoms with Crippen molar-refractivity contribution >= 4 is 23.2 Å². The van der Waals surface area contributed by atoms with Gasteiger partial charge in [0.1, 0.15) is 0 Å². The fourth-order valence-corrected chi connectivity index (χ4v) is 3.43. The maximum atomic E-state index is 12.7. The van der Waals surface area contributed by atoms with Gasteiger partial charge in [-0.3, -0.25) is 9.59 Å². The summed E-state index contributed by atoms with van der Waals surface area (Å²) in [5.74, 6) is -0.645. The van der Waals surface area contributed by atoms with Crippen LogP contribution in [0.2, 0.25) is 0 Å². The zero-order valence-electron chi connectivity index (χ0n) is 13.6. The number of fused-ring (bicyclic) bond motifs is 1. The molecule has 0 bridgehead atoms. The molecule has 2 aromatic carbocycles. The molecule has 124 valence electrons. The Balaban J connectivity index is 1.41. The van der Waals surface area contributed by atoms with Crippen LogP contribution in [-0.4, -0.2) is 18.4 Å². The van der Waals surface area contributed by atoms with Gasteiger partial charge in [-0.2, -0.15) is 5.26 Å². The van der Waals surface area contributed by atoms with Gasteiger partial charge in [0.2, 0.25) is 11.8 Å². The number of amides is 2. The minimum Gasteiger partial charge on any atom is -0.326 e. The lowest BCUT2D eigenvalue weighted by atomic mass is 10.2. The van der Waals surface area contributed by atoms with E-state index in [1.54, 1.807) is 24.3 Å². The number of carbonyl (C=O) groups is 2. The number of rotatable bonds is 3. The van der Waals surface area contributed by atoms with Gasteiger partial charge >= 0.3 is 0 Å². The SMILES string of the molecule is N#Cc1cccc(NC(=O)C2CC2C(=O)N2CCc3ccccc32)c1. The summed E-state index contributed by atoms with van der Waals surface area (Å²) >= 11 is 0. The van der Waals surface area contributed by atoms with Crippen molar-refractivity contribution in [1.29, 1.82) is 5.26 Å². The average Bonchev–Trinajstić information content (AvgIpc) is 3.33. The molecular weight excluding hydrogens is 314 g/mol. The number of benzene rings is 2. The molecule has 1 heterocycles. The molecule has 1 fully saturated rings. The third-order valence-corrected chi connectivity index (χ3v) is 4.86. The first-order valence-electron chi connectivity index (χ1n) is 8.37. The van der Waals surface area contributed by atoms with Crippen LogP contribution in [0.25, 0.3) is 0 Å². The minimum absolute atomic E-state index is 0.0378. The summed E-state index contributed by atoms with van der Waals surface area (Å²) in [6.07, 6.45) is 1.45. The summed E-state index contributed by atoms with van der Waals surface area (Å²) in [6.45, 7) is 0.688. The van der Waals surface area contributed by atoms with Crippen LogP contribution < -0.4 is 10.2 Å². The zero-order valence-corrected chi connectivity index (χ0v) is 13.6. The highest BCUT2D eigenvalue weighted by atomic mass is 16.2. The molecule has 4 rings (SSSR count). The molecule has 2 aliphatic rings. The highest BCUT2D eigenvalue weighted by Crippen LogP contribution is 2.43. The molecule has 5 nitrogen and oxygen atoms in total. The highest BCUT2D eigenvalue weighted by molar-refractivity contribution is 6.05. The van der Waals surface area contributed by atoms with E-state index < -0.39 is 0 Å². The number of carbonyl (C=O) groups excluding carboxylic acids is 2. The number of nitrogens with zero attached hydrogens (tertiary/aromatic N) is 2. The Labute approximate surface area is 145 Å². The summed E-state index contributed by atoms with van der Waals surface area (Å²) in [5, 5.41) is 11.7. The predicted octanol–water partition coefficient (Wildman–Crippen LogP) is 2.72. The van der Waals surface area contributed by atoms with Crippen molar-refractivity contribution in [3.63, 3.8) is 0 Å². The van der Waals surface area contributed by atoms with Crippen LogP contribution in [0.3, 0.4) is 0 Å². The van der Waals surface area contributed by atoms with E-state index in [0.29, 0.717) is 24.2 Å². The molecule has 2 unspecified atom stereocenters. The monoisotopic (exact) mass is 331 g/mol. The second-order valence-electron chi connectivity index (χ2n) is 6.50. The summed E-state index contributed by atoms with van der Waals surface area (Å²) in [7, 11) is 0. The van der Waals surface area contributed by atoms with Gasteiger partial charge in [0.25, 0.3) is 0 Å². The Kier molecular flexibility index (Phi) is 3.73. The van der Waals surface area contributed by atoms with Gasteiger partial charge in [-0.05, 0) is 42.7 Å². The Morgan fingerprint density at radius 1 is 1.12 bits per heavy atom. The maximum Gasteiger partial charge on any atom is 0.230 e. The van der Waals surface area contributed by atoms with E-state index in [4.69, 9.17) is 5.26 Å². The molecular formula is C20H17N3O2. The van der Waals surface area contributed by atoms with E-state index in [-0.39, 0.29) is 23.7 Å². The lowest BCUT2D eigenvalue weighted by Gasteiger charge is -2.17. The molecule has 1 aliphatic heterocycles. The van der Waals surface area contributed by atoms with E-state index in [0.717, 1.165) is 12.1 Å². The molecule has 5 heteroatoms. The lowest BCUT2D eigenvalue weighted by Crippen LogP contribution is -2.31. The quantitative estimate of drug-likeness (QED) is 0.940. The third kappa shape index (κ3) is 2.87. The number of nitrogens with one attached hydrogen (secondary N) is 1. The molecule has 2 aromatic rings. The van der Waals surface area contributed by atoms with Gasteiger partial charge in [-0.1, -0.05) is 24.3 Å². The van der Waals surface area contributed by atoms with Crippen molar-refractivity contribution in [3.8, 4) is 6.07 Å². The van der Waals surface area contributed by atoms with Gasteiger partial charge < -0.3 is 10.2 Å². The summed E-state index contributed by atoms with van der Waals surface area (Å²) < 4.78 is 0. The van der Waals surface area contributed by atoms with Gasteiger partial charge in [0.15, 0.2) is 0 Å². The smallest absolute Gasteiger partial charge is 0.230 e. The number of para-hydroxylation sites is 1. The average molecular weight is 331 g/mol. The van der Waals surface area contributed by atoms with E-state index >= 15 is 0 Å². The summed E-state index contributed by atoms with van der Waals surface area (Å²) in [5.41, 5.74) is 3.25. The van der Waals surface area contributed by atoms with Crippen LogP contribution in [-0.2, 0) is 16.0 Å². The van der Waals surface area contributed by atoms with E-state index in [2.05, 4.69) is 5.32 Å². The first-order chi connectivity index (χ1) is 12.2. The first kappa shape index (κ1) is 15.4. The van der Waals surface area contributed by atoms with E-state index in [1.807, 2.05) is 35.2 Å². The molecule has 2 atom stereocenters. The molecule has 1 aliphatic carbocycles. The van der Waals surface area contributed by atoms with Crippen LogP contribution in [0.15, 0.2) is 48.5 Å². The number of nitriles is 1. The first-order valence-corrected chi connectivity index (χ1v) is 8.37. The molecule has 2 amide bonds. The largest absolute Gasteiger partial charge is 0.326 e. The lowest BCUT2D eigenvalue weighted by molar-refractivity contribution is -0.123. The molecule has 1 saturated carbocycles. The summed E-state index contributed by atoms with van der Waals surface area (Å²) in [4.78, 5) is 26.9. The Morgan fingerprint density at radius 3 is 2.80 bits per heavy atom. The third-order valence-electron chi connectivity index (χ3n) is 4.86. The fourth-order valence-electron chi connectivity index (χ4n) is 3.43. The number of anilines is 2. The fraction of sp³-hybridized carbons (Fsp3) is 0.250. The zero-order chi connectivity index (χ0) is 17.4. The van der Waals surface area contributed by atoms with Crippen molar-refractivity contribution < 1.29 is 9.59 Å². The van der Waals surface area contributed by atoms with Crippen LogP contribution in [0.5, 0.6) is 0 Å². The van der Waals surface area contributed by atoms with Crippen molar-refractivity contribution in [2.24, 2.45) is 11.8 Å². The van der Waals surface area contributed by atoms with E-state index in [1.165, 1.54) is 5.56 Å². The van der Waals surface area contributed by atoms with Crippen molar-refractivity contribution in [2.45, 2.75) is 12.8 Å². The van der Waals surface area contributed by atoms with Crippen LogP contribution in [0, 0.1) is 23.2 Å². The molecule has 1 N–H and O–H groups in total. The van der Waals surface area contributed by atoms with Crippen LogP contribution >= 0.6 is 0 Å². The number of hydrogen-bond donors (Lipinski definition) is 1. The Morgan fingerprint density at radius 2 is 1.96 bits per heavy atom. The van der Waals surface area contributed by atoms with Gasteiger partial charge in [-0.25, -0.2) is 0 Å². The normalized spacial score (nSPS) is 20.5. The Hall–Kier alpha value is -3.13. The topological polar surface area (TPSA) is 73.2 Å². The molecule has 0 aromatic heterocycles. The van der Waals surface area contributed by atoms with Crippen molar-refractivity contribution in [3.05, 3.63) is 59.7 Å². The second kappa shape index (κ2) is 6.06. The number of hydrogen-bond acceptors (Lipinski definition) is 3. The highest BCUT2D eigenvalue weighted by Gasteiger charge is 2.50. The molecule has 0 radical (unpaired) electrons. The van der Waals surface area contributed by atoms with E-state index in [9.17, 15) is 9.59 Å². The van der Waals surface area contributed by atoms with Crippen LogP contribution in [0.1, 0.15) is 17.5 Å². The van der Waals surface area contributed by atoms with Gasteiger partial charge in [0, 0.05) is 17.9 Å².